The van der Waals surface area contributed by atoms with Crippen LogP contribution in [0, 0.1) is 6.92 Å². The van der Waals surface area contributed by atoms with Gasteiger partial charge in [0, 0.05) is 18.9 Å². The van der Waals surface area contributed by atoms with E-state index in [2.05, 4.69) is 10.3 Å². The number of aryl methyl sites for hydroxylation is 1. The van der Waals surface area contributed by atoms with E-state index in [1.54, 1.807) is 42.6 Å². The molecule has 0 aliphatic rings. The first-order chi connectivity index (χ1) is 13.5. The zero-order valence-electron chi connectivity index (χ0n) is 15.6. The summed E-state index contributed by atoms with van der Waals surface area (Å²) in [5.41, 5.74) is 2.40. The molecule has 1 heterocycles. The summed E-state index contributed by atoms with van der Waals surface area (Å²) >= 11 is 0. The molecule has 1 aromatic heterocycles. The predicted molar refractivity (Wildman–Crippen MR) is 108 cm³/mol. The number of amides is 1. The lowest BCUT2D eigenvalue weighted by molar-refractivity contribution is -0.120. The maximum atomic E-state index is 13.2. The van der Waals surface area contributed by atoms with Crippen LogP contribution in [0.4, 0.5) is 0 Å². The summed E-state index contributed by atoms with van der Waals surface area (Å²) in [6.07, 6.45) is 3.32. The van der Waals surface area contributed by atoms with Gasteiger partial charge in [-0.3, -0.25) is 9.78 Å². The van der Waals surface area contributed by atoms with Crippen LogP contribution < -0.4 is 5.32 Å². The Kier molecular flexibility index (Phi) is 6.21. The lowest BCUT2D eigenvalue weighted by Crippen LogP contribution is -2.33. The maximum absolute atomic E-state index is 13.2. The van der Waals surface area contributed by atoms with Gasteiger partial charge in [0.15, 0.2) is 9.84 Å². The number of nitrogens with one attached hydrogen (secondary N) is 1. The minimum Gasteiger partial charge on any atom is -0.354 e. The summed E-state index contributed by atoms with van der Waals surface area (Å²) in [5, 5.41) is 1.86. The SMILES string of the molecule is Cc1ccc(S(=O)(=O)C(CNC(=O)Cc2ccccc2)c2cccnc2)cc1. The summed E-state index contributed by atoms with van der Waals surface area (Å²) in [6.45, 7) is 1.88. The van der Waals surface area contributed by atoms with Gasteiger partial charge in [0.05, 0.1) is 11.3 Å². The Morgan fingerprint density at radius 2 is 1.71 bits per heavy atom. The van der Waals surface area contributed by atoms with Crippen LogP contribution in [0.2, 0.25) is 0 Å². The highest BCUT2D eigenvalue weighted by atomic mass is 32.2. The van der Waals surface area contributed by atoms with E-state index in [1.807, 2.05) is 37.3 Å². The molecule has 0 spiro atoms. The van der Waals surface area contributed by atoms with Gasteiger partial charge in [0.1, 0.15) is 5.25 Å². The van der Waals surface area contributed by atoms with E-state index < -0.39 is 15.1 Å². The van der Waals surface area contributed by atoms with Gasteiger partial charge in [0.2, 0.25) is 5.91 Å². The van der Waals surface area contributed by atoms with Crippen molar-refractivity contribution in [3.05, 3.63) is 95.8 Å². The maximum Gasteiger partial charge on any atom is 0.224 e. The van der Waals surface area contributed by atoms with Crippen molar-refractivity contribution in [3.8, 4) is 0 Å². The van der Waals surface area contributed by atoms with Gasteiger partial charge < -0.3 is 5.32 Å². The van der Waals surface area contributed by atoms with Gasteiger partial charge in [0.25, 0.3) is 0 Å². The van der Waals surface area contributed by atoms with Crippen LogP contribution >= 0.6 is 0 Å². The Morgan fingerprint density at radius 3 is 2.36 bits per heavy atom. The Hall–Kier alpha value is -2.99. The molecule has 144 valence electrons. The molecular formula is C22H22N2O3S. The molecule has 0 bridgehead atoms. The summed E-state index contributed by atoms with van der Waals surface area (Å²) in [4.78, 5) is 16.6. The molecule has 0 fully saturated rings. The number of carbonyl (C=O) groups excluding carboxylic acids is 1. The molecule has 2 aromatic carbocycles. The Morgan fingerprint density at radius 1 is 1.00 bits per heavy atom. The monoisotopic (exact) mass is 394 g/mol. The summed E-state index contributed by atoms with van der Waals surface area (Å²) in [5.74, 6) is -0.223. The van der Waals surface area contributed by atoms with Gasteiger partial charge in [-0.2, -0.15) is 0 Å². The van der Waals surface area contributed by atoms with Crippen LogP contribution in [0.5, 0.6) is 0 Å². The molecule has 1 atom stereocenters. The molecule has 3 rings (SSSR count). The minimum atomic E-state index is -3.69. The van der Waals surface area contributed by atoms with E-state index in [0.29, 0.717) is 5.56 Å². The van der Waals surface area contributed by atoms with Crippen LogP contribution in [0.15, 0.2) is 84.0 Å². The van der Waals surface area contributed by atoms with Crippen molar-refractivity contribution in [2.45, 2.75) is 23.5 Å². The largest absolute Gasteiger partial charge is 0.354 e. The molecule has 28 heavy (non-hydrogen) atoms. The quantitative estimate of drug-likeness (QED) is 0.667. The van der Waals surface area contributed by atoms with Crippen molar-refractivity contribution in [2.75, 3.05) is 6.54 Å². The standard InChI is InChI=1S/C22H22N2O3S/c1-17-9-11-20(12-10-17)28(26,27)21(19-8-5-13-23-15-19)16-24-22(25)14-18-6-3-2-4-7-18/h2-13,15,21H,14,16H2,1H3,(H,24,25). The first-order valence-corrected chi connectivity index (χ1v) is 10.5. The summed E-state index contributed by atoms with van der Waals surface area (Å²) < 4.78 is 26.5. The average Bonchev–Trinajstić information content (AvgIpc) is 2.70. The molecule has 1 unspecified atom stereocenters. The second-order valence-corrected chi connectivity index (χ2v) is 8.73. The number of benzene rings is 2. The van der Waals surface area contributed by atoms with Crippen molar-refractivity contribution >= 4 is 15.7 Å². The van der Waals surface area contributed by atoms with Crippen LogP contribution in [0.25, 0.3) is 0 Å². The van der Waals surface area contributed by atoms with Crippen molar-refractivity contribution < 1.29 is 13.2 Å². The van der Waals surface area contributed by atoms with Crippen LogP contribution in [-0.2, 0) is 21.1 Å². The Balaban J connectivity index is 1.82. The highest BCUT2D eigenvalue weighted by Gasteiger charge is 2.29. The Bertz CT molecular complexity index is 1020. The number of sulfone groups is 1. The van der Waals surface area contributed by atoms with Crippen LogP contribution in [0.3, 0.4) is 0 Å². The minimum absolute atomic E-state index is 0.0203. The lowest BCUT2D eigenvalue weighted by Gasteiger charge is -2.19. The van der Waals surface area contributed by atoms with E-state index in [0.717, 1.165) is 11.1 Å². The van der Waals surface area contributed by atoms with Crippen molar-refractivity contribution in [1.29, 1.82) is 0 Å². The summed E-state index contributed by atoms with van der Waals surface area (Å²) in [6, 6.07) is 19.5. The number of rotatable bonds is 7. The van der Waals surface area contributed by atoms with E-state index in [9.17, 15) is 13.2 Å². The average molecular weight is 394 g/mol. The number of hydrogen-bond acceptors (Lipinski definition) is 4. The molecule has 0 saturated carbocycles. The van der Waals surface area contributed by atoms with E-state index in [-0.39, 0.29) is 23.8 Å². The van der Waals surface area contributed by atoms with Gasteiger partial charge in [-0.25, -0.2) is 8.42 Å². The third kappa shape index (κ3) is 4.84. The van der Waals surface area contributed by atoms with Gasteiger partial charge in [-0.1, -0.05) is 54.1 Å². The molecule has 0 aliphatic carbocycles. The molecular weight excluding hydrogens is 372 g/mol. The summed E-state index contributed by atoms with van der Waals surface area (Å²) in [7, 11) is -3.69. The van der Waals surface area contributed by atoms with E-state index >= 15 is 0 Å². The number of nitrogens with zero attached hydrogens (tertiary/aromatic N) is 1. The van der Waals surface area contributed by atoms with Crippen LogP contribution in [0.1, 0.15) is 21.9 Å². The highest BCUT2D eigenvalue weighted by Crippen LogP contribution is 2.28. The number of pyridine rings is 1. The van der Waals surface area contributed by atoms with E-state index in [4.69, 9.17) is 0 Å². The normalized spacial score (nSPS) is 12.3. The van der Waals surface area contributed by atoms with Gasteiger partial charge in [-0.15, -0.1) is 0 Å². The molecule has 1 N–H and O–H groups in total. The fourth-order valence-electron chi connectivity index (χ4n) is 2.92. The van der Waals surface area contributed by atoms with Crippen molar-refractivity contribution in [3.63, 3.8) is 0 Å². The van der Waals surface area contributed by atoms with Gasteiger partial charge >= 0.3 is 0 Å². The first kappa shape index (κ1) is 19.8. The van der Waals surface area contributed by atoms with Gasteiger partial charge in [-0.05, 0) is 36.2 Å². The number of aromatic nitrogens is 1. The molecule has 0 radical (unpaired) electrons. The van der Waals surface area contributed by atoms with Crippen LogP contribution in [-0.4, -0.2) is 25.9 Å². The smallest absolute Gasteiger partial charge is 0.224 e. The van der Waals surface area contributed by atoms with Crippen molar-refractivity contribution in [1.82, 2.24) is 10.3 Å². The molecule has 6 heteroatoms. The Labute approximate surface area is 165 Å². The zero-order chi connectivity index (χ0) is 20.0. The third-order valence-corrected chi connectivity index (χ3v) is 6.59. The zero-order valence-corrected chi connectivity index (χ0v) is 16.4. The molecule has 1 amide bonds. The van der Waals surface area contributed by atoms with E-state index in [1.165, 1.54) is 6.20 Å². The second-order valence-electron chi connectivity index (χ2n) is 6.60. The number of carbonyl (C=O) groups is 1. The number of hydrogen-bond donors (Lipinski definition) is 1. The van der Waals surface area contributed by atoms with Crippen molar-refractivity contribution in [2.24, 2.45) is 0 Å². The second kappa shape index (κ2) is 8.80. The fraction of sp³-hybridized carbons (Fsp3) is 0.182. The predicted octanol–water partition coefficient (Wildman–Crippen LogP) is 3.26. The molecule has 0 saturated heterocycles. The fourth-order valence-corrected chi connectivity index (χ4v) is 4.56. The molecule has 3 aromatic rings. The molecule has 5 nitrogen and oxygen atoms in total. The lowest BCUT2D eigenvalue weighted by atomic mass is 10.1. The topological polar surface area (TPSA) is 76.1 Å². The first-order valence-electron chi connectivity index (χ1n) is 8.98. The third-order valence-electron chi connectivity index (χ3n) is 4.47. The highest BCUT2D eigenvalue weighted by molar-refractivity contribution is 7.91. The molecule has 0 aliphatic heterocycles.